The van der Waals surface area contributed by atoms with Crippen LogP contribution in [0.25, 0.3) is 0 Å². The van der Waals surface area contributed by atoms with Crippen molar-refractivity contribution in [2.45, 2.75) is 26.3 Å². The lowest BCUT2D eigenvalue weighted by Gasteiger charge is -2.33. The van der Waals surface area contributed by atoms with Gasteiger partial charge in [0.25, 0.3) is 0 Å². The molecule has 1 aromatic rings. The number of methoxy groups -OCH3 is 1. The Bertz CT molecular complexity index is 417. The highest BCUT2D eigenvalue weighted by molar-refractivity contribution is 7.99. The molecular formula is C12H21N5OS. The van der Waals surface area contributed by atoms with Gasteiger partial charge in [-0.25, -0.2) is 0 Å². The molecule has 7 heteroatoms. The predicted octanol–water partition coefficient (Wildman–Crippen LogP) is 1.64. The van der Waals surface area contributed by atoms with Crippen molar-refractivity contribution in [3.63, 3.8) is 0 Å². The van der Waals surface area contributed by atoms with Gasteiger partial charge in [0.05, 0.1) is 7.11 Å². The molecule has 6 nitrogen and oxygen atoms in total. The zero-order valence-electron chi connectivity index (χ0n) is 11.7. The van der Waals surface area contributed by atoms with Crippen molar-refractivity contribution in [1.82, 2.24) is 15.0 Å². The van der Waals surface area contributed by atoms with Gasteiger partial charge in [-0.3, -0.25) is 0 Å². The predicted molar refractivity (Wildman–Crippen MR) is 79.3 cm³/mol. The summed E-state index contributed by atoms with van der Waals surface area (Å²) in [4.78, 5) is 15.3. The number of anilines is 2. The molecule has 0 spiro atoms. The lowest BCUT2D eigenvalue weighted by atomic mass is 10.3. The van der Waals surface area contributed by atoms with Crippen LogP contribution in [0.4, 0.5) is 11.9 Å². The third kappa shape index (κ3) is 3.62. The van der Waals surface area contributed by atoms with E-state index >= 15 is 0 Å². The molecule has 106 valence electrons. The molecule has 1 N–H and O–H groups in total. The second-order valence-electron chi connectivity index (χ2n) is 4.49. The fourth-order valence-electron chi connectivity index (χ4n) is 1.91. The van der Waals surface area contributed by atoms with Gasteiger partial charge in [0, 0.05) is 30.6 Å². The van der Waals surface area contributed by atoms with Gasteiger partial charge in [-0.2, -0.15) is 26.7 Å². The molecule has 0 aliphatic carbocycles. The molecule has 1 unspecified atom stereocenters. The van der Waals surface area contributed by atoms with Crippen LogP contribution in [0.3, 0.4) is 0 Å². The van der Waals surface area contributed by atoms with Crippen LogP contribution in [-0.4, -0.2) is 52.7 Å². The molecule has 1 fully saturated rings. The zero-order chi connectivity index (χ0) is 13.7. The monoisotopic (exact) mass is 283 g/mol. The Labute approximate surface area is 118 Å². The Balaban J connectivity index is 2.22. The highest BCUT2D eigenvalue weighted by Gasteiger charge is 2.22. The molecule has 0 aromatic carbocycles. The van der Waals surface area contributed by atoms with Crippen molar-refractivity contribution >= 4 is 23.7 Å². The number of thioether (sulfide) groups is 1. The maximum absolute atomic E-state index is 5.17. The van der Waals surface area contributed by atoms with E-state index in [1.165, 1.54) is 0 Å². The first kappa shape index (κ1) is 14.2. The minimum absolute atomic E-state index is 0.369. The number of hydrogen-bond acceptors (Lipinski definition) is 7. The third-order valence-corrected chi connectivity index (χ3v) is 4.13. The van der Waals surface area contributed by atoms with E-state index in [1.807, 2.05) is 11.8 Å². The molecule has 1 atom stereocenters. The van der Waals surface area contributed by atoms with E-state index in [0.29, 0.717) is 23.9 Å². The van der Waals surface area contributed by atoms with Crippen molar-refractivity contribution in [2.75, 3.05) is 41.9 Å². The summed E-state index contributed by atoms with van der Waals surface area (Å²) < 4.78 is 5.17. The number of nitrogens with zero attached hydrogens (tertiary/aromatic N) is 4. The maximum Gasteiger partial charge on any atom is 0.322 e. The van der Waals surface area contributed by atoms with Crippen LogP contribution < -0.4 is 15.0 Å². The SMILES string of the molecule is CCCNc1nc(OC)nc(N2CCSCC2C)n1. The zero-order valence-corrected chi connectivity index (χ0v) is 12.5. The molecule has 1 aromatic heterocycles. The second kappa shape index (κ2) is 6.79. The average Bonchev–Trinajstić information content (AvgIpc) is 2.45. The van der Waals surface area contributed by atoms with E-state index in [-0.39, 0.29) is 0 Å². The first-order chi connectivity index (χ1) is 9.24. The van der Waals surface area contributed by atoms with Gasteiger partial charge in [-0.15, -0.1) is 0 Å². The minimum atomic E-state index is 0.369. The van der Waals surface area contributed by atoms with Crippen molar-refractivity contribution in [2.24, 2.45) is 0 Å². The van der Waals surface area contributed by atoms with E-state index in [2.05, 4.69) is 39.0 Å². The van der Waals surface area contributed by atoms with Gasteiger partial charge >= 0.3 is 6.01 Å². The Morgan fingerprint density at radius 1 is 1.42 bits per heavy atom. The molecule has 2 heterocycles. The summed E-state index contributed by atoms with van der Waals surface area (Å²) in [6.07, 6.45) is 1.03. The number of ether oxygens (including phenoxy) is 1. The summed E-state index contributed by atoms with van der Waals surface area (Å²) in [6.45, 7) is 6.11. The highest BCUT2D eigenvalue weighted by Crippen LogP contribution is 2.22. The van der Waals surface area contributed by atoms with Gasteiger partial charge in [-0.1, -0.05) is 6.92 Å². The van der Waals surface area contributed by atoms with Crippen LogP contribution in [0.15, 0.2) is 0 Å². The maximum atomic E-state index is 5.17. The molecule has 0 amide bonds. The standard InChI is InChI=1S/C12H21N5OS/c1-4-5-13-10-14-11(16-12(15-10)18-3)17-6-7-19-8-9(17)2/h9H,4-8H2,1-3H3,(H,13,14,15,16). The Hall–Kier alpha value is -1.24. The van der Waals surface area contributed by atoms with Gasteiger partial charge < -0.3 is 15.0 Å². The van der Waals surface area contributed by atoms with Crippen LogP contribution >= 0.6 is 11.8 Å². The fraction of sp³-hybridized carbons (Fsp3) is 0.750. The number of nitrogens with one attached hydrogen (secondary N) is 1. The average molecular weight is 283 g/mol. The van der Waals surface area contributed by atoms with Crippen LogP contribution in [0.2, 0.25) is 0 Å². The number of hydrogen-bond donors (Lipinski definition) is 1. The van der Waals surface area contributed by atoms with Crippen molar-refractivity contribution in [3.8, 4) is 6.01 Å². The molecule has 2 rings (SSSR count). The second-order valence-corrected chi connectivity index (χ2v) is 5.64. The van der Waals surface area contributed by atoms with Crippen molar-refractivity contribution in [1.29, 1.82) is 0 Å². The van der Waals surface area contributed by atoms with E-state index < -0.39 is 0 Å². The van der Waals surface area contributed by atoms with Gasteiger partial charge in [0.15, 0.2) is 0 Å². The lowest BCUT2D eigenvalue weighted by Crippen LogP contribution is -2.41. The van der Waals surface area contributed by atoms with Gasteiger partial charge in [0.2, 0.25) is 11.9 Å². The molecule has 1 aliphatic rings. The van der Waals surface area contributed by atoms with E-state index in [1.54, 1.807) is 7.11 Å². The summed E-state index contributed by atoms with van der Waals surface area (Å²) in [6, 6.07) is 0.805. The molecule has 1 saturated heterocycles. The molecule has 0 saturated carbocycles. The minimum Gasteiger partial charge on any atom is -0.467 e. The molecule has 1 aliphatic heterocycles. The van der Waals surface area contributed by atoms with Crippen LogP contribution in [0.1, 0.15) is 20.3 Å². The van der Waals surface area contributed by atoms with Gasteiger partial charge in [0.1, 0.15) is 0 Å². The Morgan fingerprint density at radius 3 is 2.95 bits per heavy atom. The molecular weight excluding hydrogens is 262 g/mol. The number of aromatic nitrogens is 3. The van der Waals surface area contributed by atoms with Crippen LogP contribution in [0, 0.1) is 0 Å². The van der Waals surface area contributed by atoms with Crippen molar-refractivity contribution in [3.05, 3.63) is 0 Å². The molecule has 0 radical (unpaired) electrons. The van der Waals surface area contributed by atoms with E-state index in [4.69, 9.17) is 4.74 Å². The fourth-order valence-corrected chi connectivity index (χ4v) is 2.92. The smallest absolute Gasteiger partial charge is 0.322 e. The summed E-state index contributed by atoms with van der Waals surface area (Å²) in [5.41, 5.74) is 0. The quantitative estimate of drug-likeness (QED) is 0.881. The lowest BCUT2D eigenvalue weighted by molar-refractivity contribution is 0.378. The topological polar surface area (TPSA) is 63.2 Å². The van der Waals surface area contributed by atoms with Crippen LogP contribution in [-0.2, 0) is 0 Å². The van der Waals surface area contributed by atoms with Crippen LogP contribution in [0.5, 0.6) is 6.01 Å². The Morgan fingerprint density at radius 2 is 2.26 bits per heavy atom. The number of rotatable bonds is 5. The molecule has 0 bridgehead atoms. The summed E-state index contributed by atoms with van der Waals surface area (Å²) in [7, 11) is 1.58. The van der Waals surface area contributed by atoms with Crippen molar-refractivity contribution < 1.29 is 4.74 Å². The first-order valence-corrected chi connectivity index (χ1v) is 7.78. The van der Waals surface area contributed by atoms with Gasteiger partial charge in [-0.05, 0) is 13.3 Å². The van der Waals surface area contributed by atoms with E-state index in [9.17, 15) is 0 Å². The highest BCUT2D eigenvalue weighted by atomic mass is 32.2. The first-order valence-electron chi connectivity index (χ1n) is 6.63. The molecule has 19 heavy (non-hydrogen) atoms. The Kier molecular flexibility index (Phi) is 5.07. The largest absolute Gasteiger partial charge is 0.467 e. The summed E-state index contributed by atoms with van der Waals surface area (Å²) in [5.74, 6) is 3.51. The summed E-state index contributed by atoms with van der Waals surface area (Å²) in [5, 5.41) is 3.19. The third-order valence-electron chi connectivity index (χ3n) is 2.94. The van der Waals surface area contributed by atoms with E-state index in [0.717, 1.165) is 31.0 Å². The normalized spacial score (nSPS) is 19.3. The summed E-state index contributed by atoms with van der Waals surface area (Å²) >= 11 is 1.97.